The minimum absolute atomic E-state index is 0.0848. The molecule has 2 aromatic carbocycles. The lowest BCUT2D eigenvalue weighted by atomic mass is 10.1. The standard InChI is InChI=1S/C20H16N2O4S2/c23-17(21-15-8-6-14(7-9-15)11-18(24)25)12-22-19(26)16(28-20(22)27)10-13-4-2-1-3-5-13/h1-10H,11-12H2,(H,21,23)(H,24,25)/b16-10-. The number of benzene rings is 2. The number of amides is 2. The summed E-state index contributed by atoms with van der Waals surface area (Å²) < 4.78 is 0.333. The van der Waals surface area contributed by atoms with Crippen LogP contribution in [0, 0.1) is 0 Å². The molecule has 1 saturated heterocycles. The topological polar surface area (TPSA) is 86.7 Å². The number of hydrogen-bond acceptors (Lipinski definition) is 5. The molecule has 0 radical (unpaired) electrons. The van der Waals surface area contributed by atoms with E-state index in [2.05, 4.69) is 5.32 Å². The number of anilines is 1. The molecule has 0 unspecified atom stereocenters. The number of carbonyl (C=O) groups excluding carboxylic acids is 2. The number of thioether (sulfide) groups is 1. The van der Waals surface area contributed by atoms with Crippen LogP contribution in [0.2, 0.25) is 0 Å². The predicted octanol–water partition coefficient (Wildman–Crippen LogP) is 3.15. The van der Waals surface area contributed by atoms with E-state index in [9.17, 15) is 14.4 Å². The third-order valence-electron chi connectivity index (χ3n) is 3.87. The Balaban J connectivity index is 1.62. The Morgan fingerprint density at radius 1 is 1.11 bits per heavy atom. The summed E-state index contributed by atoms with van der Waals surface area (Å²) in [6.45, 7) is -0.187. The molecule has 0 saturated carbocycles. The zero-order valence-corrected chi connectivity index (χ0v) is 16.3. The summed E-state index contributed by atoms with van der Waals surface area (Å²) in [5, 5.41) is 11.5. The highest BCUT2D eigenvalue weighted by Gasteiger charge is 2.33. The Morgan fingerprint density at radius 2 is 1.79 bits per heavy atom. The number of hydrogen-bond donors (Lipinski definition) is 2. The monoisotopic (exact) mass is 412 g/mol. The maximum absolute atomic E-state index is 12.6. The van der Waals surface area contributed by atoms with E-state index in [1.165, 1.54) is 16.7 Å². The Hall–Kier alpha value is -2.97. The average Bonchev–Trinajstić information content (AvgIpc) is 2.91. The lowest BCUT2D eigenvalue weighted by molar-refractivity contribution is -0.136. The van der Waals surface area contributed by atoms with Gasteiger partial charge in [-0.25, -0.2) is 0 Å². The van der Waals surface area contributed by atoms with Gasteiger partial charge in [-0.3, -0.25) is 19.3 Å². The second-order valence-electron chi connectivity index (χ2n) is 5.99. The van der Waals surface area contributed by atoms with E-state index >= 15 is 0 Å². The number of aliphatic carboxylic acids is 1. The summed E-state index contributed by atoms with van der Waals surface area (Å²) in [6, 6.07) is 15.9. The van der Waals surface area contributed by atoms with Crippen molar-refractivity contribution in [1.29, 1.82) is 0 Å². The van der Waals surface area contributed by atoms with E-state index in [-0.39, 0.29) is 24.8 Å². The Morgan fingerprint density at radius 3 is 2.43 bits per heavy atom. The van der Waals surface area contributed by atoms with Crippen molar-refractivity contribution in [3.63, 3.8) is 0 Å². The quantitative estimate of drug-likeness (QED) is 0.560. The lowest BCUT2D eigenvalue weighted by Crippen LogP contribution is -2.36. The first-order valence-electron chi connectivity index (χ1n) is 8.33. The van der Waals surface area contributed by atoms with Gasteiger partial charge in [0.15, 0.2) is 0 Å². The predicted molar refractivity (Wildman–Crippen MR) is 113 cm³/mol. The zero-order chi connectivity index (χ0) is 20.1. The first-order chi connectivity index (χ1) is 13.4. The van der Waals surface area contributed by atoms with E-state index in [1.807, 2.05) is 30.3 Å². The fourth-order valence-electron chi connectivity index (χ4n) is 2.56. The van der Waals surface area contributed by atoms with Crippen molar-refractivity contribution in [1.82, 2.24) is 4.90 Å². The van der Waals surface area contributed by atoms with Gasteiger partial charge in [0.05, 0.1) is 11.3 Å². The van der Waals surface area contributed by atoms with Crippen molar-refractivity contribution in [2.45, 2.75) is 6.42 Å². The molecule has 2 N–H and O–H groups in total. The van der Waals surface area contributed by atoms with Crippen LogP contribution >= 0.6 is 24.0 Å². The fourth-order valence-corrected chi connectivity index (χ4v) is 3.82. The number of thiocarbonyl (C=S) groups is 1. The van der Waals surface area contributed by atoms with Crippen LogP contribution in [0.5, 0.6) is 0 Å². The summed E-state index contributed by atoms with van der Waals surface area (Å²) >= 11 is 6.41. The van der Waals surface area contributed by atoms with Gasteiger partial charge in [-0.15, -0.1) is 0 Å². The van der Waals surface area contributed by atoms with Gasteiger partial charge in [-0.2, -0.15) is 0 Å². The van der Waals surface area contributed by atoms with Crippen LogP contribution in [-0.4, -0.2) is 38.7 Å². The highest BCUT2D eigenvalue weighted by Crippen LogP contribution is 2.32. The molecule has 0 aromatic heterocycles. The highest BCUT2D eigenvalue weighted by atomic mass is 32.2. The third-order valence-corrected chi connectivity index (χ3v) is 5.24. The first kappa shape index (κ1) is 19.8. The van der Waals surface area contributed by atoms with E-state index in [0.29, 0.717) is 20.5 Å². The molecule has 8 heteroatoms. The summed E-state index contributed by atoms with van der Waals surface area (Å²) in [5.41, 5.74) is 2.03. The zero-order valence-electron chi connectivity index (χ0n) is 14.6. The first-order valence-corrected chi connectivity index (χ1v) is 9.56. The molecule has 1 aliphatic rings. The SMILES string of the molecule is O=C(O)Cc1ccc(NC(=O)CN2C(=O)/C(=C/c3ccccc3)SC2=S)cc1. The average molecular weight is 412 g/mol. The molecule has 2 amide bonds. The van der Waals surface area contributed by atoms with Crippen LogP contribution in [-0.2, 0) is 20.8 Å². The maximum atomic E-state index is 12.6. The Labute approximate surface area is 171 Å². The van der Waals surface area contributed by atoms with Crippen LogP contribution < -0.4 is 5.32 Å². The third kappa shape index (κ3) is 5.05. The number of carboxylic acids is 1. The maximum Gasteiger partial charge on any atom is 0.307 e. The normalized spacial score (nSPS) is 15.1. The van der Waals surface area contributed by atoms with E-state index in [4.69, 9.17) is 17.3 Å². The van der Waals surface area contributed by atoms with Gasteiger partial charge in [0.2, 0.25) is 5.91 Å². The molecule has 1 fully saturated rings. The van der Waals surface area contributed by atoms with Crippen LogP contribution in [0.25, 0.3) is 6.08 Å². The van der Waals surface area contributed by atoms with Crippen molar-refractivity contribution in [3.8, 4) is 0 Å². The highest BCUT2D eigenvalue weighted by molar-refractivity contribution is 8.26. The molecular weight excluding hydrogens is 396 g/mol. The molecule has 0 aliphatic carbocycles. The van der Waals surface area contributed by atoms with Gasteiger partial charge in [-0.05, 0) is 29.3 Å². The van der Waals surface area contributed by atoms with Crippen LogP contribution in [0.4, 0.5) is 5.69 Å². The fraction of sp³-hybridized carbons (Fsp3) is 0.100. The number of rotatable bonds is 6. The van der Waals surface area contributed by atoms with Crippen LogP contribution in [0.1, 0.15) is 11.1 Å². The van der Waals surface area contributed by atoms with Gasteiger partial charge in [0, 0.05) is 5.69 Å². The van der Waals surface area contributed by atoms with Crippen molar-refractivity contribution in [3.05, 3.63) is 70.6 Å². The van der Waals surface area contributed by atoms with Crippen LogP contribution in [0.15, 0.2) is 59.5 Å². The number of nitrogens with one attached hydrogen (secondary N) is 1. The van der Waals surface area contributed by atoms with E-state index in [0.717, 1.165) is 5.56 Å². The van der Waals surface area contributed by atoms with E-state index < -0.39 is 5.97 Å². The summed E-state index contributed by atoms with van der Waals surface area (Å²) in [7, 11) is 0. The largest absolute Gasteiger partial charge is 0.481 e. The van der Waals surface area contributed by atoms with Crippen molar-refractivity contribution in [2.75, 3.05) is 11.9 Å². The minimum atomic E-state index is -0.922. The molecule has 3 rings (SSSR count). The molecule has 1 aliphatic heterocycles. The Kier molecular flexibility index (Phi) is 6.23. The van der Waals surface area contributed by atoms with Crippen molar-refractivity contribution in [2.24, 2.45) is 0 Å². The summed E-state index contributed by atoms with van der Waals surface area (Å²) in [6.07, 6.45) is 1.66. The van der Waals surface area contributed by atoms with Crippen molar-refractivity contribution < 1.29 is 19.5 Å². The molecule has 142 valence electrons. The molecule has 0 atom stereocenters. The number of carboxylic acid groups (broad SMARTS) is 1. The number of nitrogens with zero attached hydrogens (tertiary/aromatic N) is 1. The van der Waals surface area contributed by atoms with E-state index in [1.54, 1.807) is 30.3 Å². The molecule has 1 heterocycles. The minimum Gasteiger partial charge on any atom is -0.481 e. The second kappa shape index (κ2) is 8.81. The smallest absolute Gasteiger partial charge is 0.307 e. The van der Waals surface area contributed by atoms with Crippen molar-refractivity contribution >= 4 is 57.8 Å². The summed E-state index contributed by atoms with van der Waals surface area (Å²) in [4.78, 5) is 37.3. The van der Waals surface area contributed by atoms with Crippen LogP contribution in [0.3, 0.4) is 0 Å². The Bertz CT molecular complexity index is 956. The molecule has 2 aromatic rings. The molecule has 28 heavy (non-hydrogen) atoms. The second-order valence-corrected chi connectivity index (χ2v) is 7.67. The lowest BCUT2D eigenvalue weighted by Gasteiger charge is -2.14. The van der Waals surface area contributed by atoms with Gasteiger partial charge >= 0.3 is 5.97 Å². The number of carbonyl (C=O) groups is 3. The van der Waals surface area contributed by atoms with Gasteiger partial charge in [0.25, 0.3) is 5.91 Å². The molecular formula is C20H16N2O4S2. The van der Waals surface area contributed by atoms with Gasteiger partial charge in [0.1, 0.15) is 10.9 Å². The van der Waals surface area contributed by atoms with Gasteiger partial charge in [-0.1, -0.05) is 66.4 Å². The summed E-state index contributed by atoms with van der Waals surface area (Å²) in [5.74, 6) is -1.61. The molecule has 6 nitrogen and oxygen atoms in total. The molecule has 0 bridgehead atoms. The van der Waals surface area contributed by atoms with Gasteiger partial charge < -0.3 is 10.4 Å². The molecule has 0 spiro atoms.